The van der Waals surface area contributed by atoms with Crippen molar-refractivity contribution in [2.45, 2.75) is 43.0 Å². The molecule has 0 saturated carbocycles. The largest absolute Gasteiger partial charge is 0.352 e. The van der Waals surface area contributed by atoms with E-state index in [1.807, 2.05) is 24.3 Å². The number of sulfonamides is 1. The summed E-state index contributed by atoms with van der Waals surface area (Å²) < 4.78 is 27.6. The fraction of sp³-hybridized carbons (Fsp3) is 0.450. The van der Waals surface area contributed by atoms with Crippen molar-refractivity contribution in [1.82, 2.24) is 14.9 Å². The third-order valence-electron chi connectivity index (χ3n) is 4.85. The smallest absolute Gasteiger partial charge is 0.252 e. The predicted octanol–water partition coefficient (Wildman–Crippen LogP) is 3.97. The first-order chi connectivity index (χ1) is 13.5. The lowest BCUT2D eigenvalue weighted by Crippen LogP contribution is -2.38. The maximum Gasteiger partial charge on any atom is 0.252 e. The Morgan fingerprint density at radius 3 is 2.48 bits per heavy atom. The minimum absolute atomic E-state index is 0. The molecule has 2 aromatic rings. The van der Waals surface area contributed by atoms with Crippen molar-refractivity contribution in [3.63, 3.8) is 0 Å². The summed E-state index contributed by atoms with van der Waals surface area (Å²) in [6.45, 7) is 3.86. The van der Waals surface area contributed by atoms with Gasteiger partial charge in [0.25, 0.3) is 10.0 Å². The highest BCUT2D eigenvalue weighted by Crippen LogP contribution is 2.27. The van der Waals surface area contributed by atoms with E-state index in [2.05, 4.69) is 34.7 Å². The normalized spacial score (nSPS) is 16.7. The van der Waals surface area contributed by atoms with E-state index in [9.17, 15) is 8.42 Å². The van der Waals surface area contributed by atoms with Crippen LogP contribution in [0, 0.1) is 0 Å². The number of thiophene rings is 1. The second kappa shape index (κ2) is 11.3. The van der Waals surface area contributed by atoms with Crippen molar-refractivity contribution < 1.29 is 8.42 Å². The molecule has 2 heterocycles. The van der Waals surface area contributed by atoms with Gasteiger partial charge in [0.05, 0.1) is 12.6 Å². The van der Waals surface area contributed by atoms with E-state index in [1.54, 1.807) is 17.4 Å². The van der Waals surface area contributed by atoms with E-state index in [-0.39, 0.29) is 30.0 Å². The number of rotatable bonds is 6. The summed E-state index contributed by atoms with van der Waals surface area (Å²) in [5, 5.41) is 6.63. The number of piperidine rings is 1. The van der Waals surface area contributed by atoms with Crippen LogP contribution in [0.3, 0.4) is 0 Å². The summed E-state index contributed by atoms with van der Waals surface area (Å²) in [4.78, 5) is 5.23. The number of hydrogen-bond acceptors (Lipinski definition) is 4. The van der Waals surface area contributed by atoms with Crippen molar-refractivity contribution >= 4 is 51.3 Å². The topological polar surface area (TPSA) is 73.8 Å². The van der Waals surface area contributed by atoms with Gasteiger partial charge in [-0.1, -0.05) is 36.8 Å². The highest BCUT2D eigenvalue weighted by molar-refractivity contribution is 14.0. The van der Waals surface area contributed by atoms with Gasteiger partial charge in [0, 0.05) is 25.0 Å². The zero-order chi connectivity index (χ0) is 20.0. The number of benzene rings is 1. The molecule has 1 atom stereocenters. The molecule has 0 aliphatic carbocycles. The quantitative estimate of drug-likeness (QED) is 0.326. The second-order valence-electron chi connectivity index (χ2n) is 6.89. The van der Waals surface area contributed by atoms with Crippen LogP contribution in [0.5, 0.6) is 0 Å². The molecule has 0 spiro atoms. The predicted molar refractivity (Wildman–Crippen MR) is 131 cm³/mol. The molecule has 0 radical (unpaired) electrons. The van der Waals surface area contributed by atoms with E-state index < -0.39 is 10.0 Å². The van der Waals surface area contributed by atoms with Gasteiger partial charge in [-0.25, -0.2) is 8.42 Å². The lowest BCUT2D eigenvalue weighted by Gasteiger charge is -2.25. The van der Waals surface area contributed by atoms with Gasteiger partial charge in [0.1, 0.15) is 4.21 Å². The number of nitrogens with one attached hydrogen (secondary N) is 2. The molecular formula is C20H29IN4O2S2. The number of nitrogens with zero attached hydrogens (tertiary/aromatic N) is 2. The van der Waals surface area contributed by atoms with Gasteiger partial charge in [0.15, 0.2) is 5.96 Å². The SMILES string of the molecule is CN=C(NCc1ccc(S(=O)(=O)N2CCCCC2)s1)NC(C)c1ccccc1.I. The maximum absolute atomic E-state index is 12.8. The van der Waals surface area contributed by atoms with Crippen LogP contribution >= 0.6 is 35.3 Å². The number of guanidine groups is 1. The van der Waals surface area contributed by atoms with Crippen molar-refractivity contribution in [3.8, 4) is 0 Å². The highest BCUT2D eigenvalue weighted by Gasteiger charge is 2.27. The standard InChI is InChI=1S/C20H28N4O2S2.HI/c1-16(17-9-5-3-6-10-17)23-20(21-2)22-15-18-11-12-19(27-18)28(25,26)24-13-7-4-8-14-24;/h3,5-6,9-12,16H,4,7-8,13-15H2,1-2H3,(H2,21,22,23);1H. The van der Waals surface area contributed by atoms with Crippen LogP contribution in [0.25, 0.3) is 0 Å². The van der Waals surface area contributed by atoms with Crippen LogP contribution in [-0.4, -0.2) is 38.8 Å². The lowest BCUT2D eigenvalue weighted by molar-refractivity contribution is 0.347. The Labute approximate surface area is 194 Å². The minimum Gasteiger partial charge on any atom is -0.352 e. The summed E-state index contributed by atoms with van der Waals surface area (Å²) in [6, 6.07) is 13.9. The second-order valence-corrected chi connectivity index (χ2v) is 10.2. The van der Waals surface area contributed by atoms with Crippen LogP contribution in [-0.2, 0) is 16.6 Å². The molecule has 160 valence electrons. The van der Waals surface area contributed by atoms with Gasteiger partial charge in [-0.15, -0.1) is 35.3 Å². The molecule has 1 unspecified atom stereocenters. The van der Waals surface area contributed by atoms with Crippen molar-refractivity contribution in [3.05, 3.63) is 52.9 Å². The van der Waals surface area contributed by atoms with Gasteiger partial charge >= 0.3 is 0 Å². The Balaban J connectivity index is 0.00000300. The molecular weight excluding hydrogens is 519 g/mol. The van der Waals surface area contributed by atoms with E-state index in [0.29, 0.717) is 29.8 Å². The fourth-order valence-electron chi connectivity index (χ4n) is 3.22. The van der Waals surface area contributed by atoms with Gasteiger partial charge in [0.2, 0.25) is 0 Å². The number of hydrogen-bond donors (Lipinski definition) is 2. The van der Waals surface area contributed by atoms with Crippen LogP contribution in [0.4, 0.5) is 0 Å². The zero-order valence-electron chi connectivity index (χ0n) is 16.8. The molecule has 1 saturated heterocycles. The molecule has 1 aliphatic heterocycles. The van der Waals surface area contributed by atoms with E-state index in [0.717, 1.165) is 24.1 Å². The minimum atomic E-state index is -3.36. The summed E-state index contributed by atoms with van der Waals surface area (Å²) in [5.74, 6) is 0.685. The Bertz CT molecular complexity index is 894. The monoisotopic (exact) mass is 548 g/mol. The first-order valence-electron chi connectivity index (χ1n) is 9.61. The Hall–Kier alpha value is -1.17. The lowest BCUT2D eigenvalue weighted by atomic mass is 10.1. The van der Waals surface area contributed by atoms with E-state index in [4.69, 9.17) is 0 Å². The molecule has 1 aliphatic rings. The average Bonchev–Trinajstić information content (AvgIpc) is 3.22. The van der Waals surface area contributed by atoms with Gasteiger partial charge in [-0.05, 0) is 37.5 Å². The Morgan fingerprint density at radius 1 is 1.14 bits per heavy atom. The highest BCUT2D eigenvalue weighted by atomic mass is 127. The van der Waals surface area contributed by atoms with Gasteiger partial charge < -0.3 is 10.6 Å². The number of halogens is 1. The first-order valence-corrected chi connectivity index (χ1v) is 11.9. The molecule has 3 rings (SSSR count). The first kappa shape index (κ1) is 24.1. The molecule has 6 nitrogen and oxygen atoms in total. The summed E-state index contributed by atoms with van der Waals surface area (Å²) in [7, 11) is -1.63. The van der Waals surface area contributed by atoms with Crippen LogP contribution in [0.15, 0.2) is 51.7 Å². The molecule has 9 heteroatoms. The van der Waals surface area contributed by atoms with Crippen LogP contribution < -0.4 is 10.6 Å². The summed E-state index contributed by atoms with van der Waals surface area (Å²) in [6.07, 6.45) is 3.00. The third kappa shape index (κ3) is 6.40. The Morgan fingerprint density at radius 2 is 1.83 bits per heavy atom. The van der Waals surface area contributed by atoms with E-state index in [1.165, 1.54) is 16.9 Å². The molecule has 0 amide bonds. The van der Waals surface area contributed by atoms with Gasteiger partial charge in [-0.3, -0.25) is 4.99 Å². The molecule has 1 aromatic heterocycles. The molecule has 2 N–H and O–H groups in total. The van der Waals surface area contributed by atoms with Crippen molar-refractivity contribution in [1.29, 1.82) is 0 Å². The fourth-order valence-corrected chi connectivity index (χ4v) is 6.19. The van der Waals surface area contributed by atoms with Gasteiger partial charge in [-0.2, -0.15) is 4.31 Å². The van der Waals surface area contributed by atoms with Crippen LogP contribution in [0.2, 0.25) is 0 Å². The summed E-state index contributed by atoms with van der Waals surface area (Å²) in [5.41, 5.74) is 1.18. The molecule has 0 bridgehead atoms. The average molecular weight is 549 g/mol. The summed E-state index contributed by atoms with van der Waals surface area (Å²) >= 11 is 1.33. The zero-order valence-corrected chi connectivity index (χ0v) is 20.8. The maximum atomic E-state index is 12.8. The molecule has 29 heavy (non-hydrogen) atoms. The van der Waals surface area contributed by atoms with Crippen molar-refractivity contribution in [2.75, 3.05) is 20.1 Å². The van der Waals surface area contributed by atoms with Crippen LogP contribution in [0.1, 0.15) is 42.7 Å². The third-order valence-corrected chi connectivity index (χ3v) is 8.30. The Kier molecular flexibility index (Phi) is 9.38. The molecule has 1 aromatic carbocycles. The number of aliphatic imine (C=N–C) groups is 1. The molecule has 1 fully saturated rings. The van der Waals surface area contributed by atoms with E-state index >= 15 is 0 Å². The van der Waals surface area contributed by atoms with Crippen molar-refractivity contribution in [2.24, 2.45) is 4.99 Å².